The van der Waals surface area contributed by atoms with E-state index in [0.29, 0.717) is 6.04 Å². The van der Waals surface area contributed by atoms with Crippen LogP contribution in [0.3, 0.4) is 0 Å². The number of nitrogens with zero attached hydrogens (tertiary/aromatic N) is 2. The third-order valence-corrected chi connectivity index (χ3v) is 1.95. The summed E-state index contributed by atoms with van der Waals surface area (Å²) >= 11 is 0. The Morgan fingerprint density at radius 1 is 1.54 bits per heavy atom. The van der Waals surface area contributed by atoms with Crippen molar-refractivity contribution in [2.45, 2.75) is 32.7 Å². The molecule has 0 aliphatic heterocycles. The summed E-state index contributed by atoms with van der Waals surface area (Å²) in [5, 5.41) is 7.52. The lowest BCUT2D eigenvalue weighted by Crippen LogP contribution is -2.23. The van der Waals surface area contributed by atoms with Gasteiger partial charge in [-0.25, -0.2) is 0 Å². The van der Waals surface area contributed by atoms with E-state index in [2.05, 4.69) is 30.5 Å². The highest BCUT2D eigenvalue weighted by Gasteiger charge is 1.96. The zero-order valence-corrected chi connectivity index (χ0v) is 8.75. The fraction of sp³-hybridized carbons (Fsp3) is 0.700. The van der Waals surface area contributed by atoms with Crippen LogP contribution in [0.5, 0.6) is 0 Å². The highest BCUT2D eigenvalue weighted by Crippen LogP contribution is 1.99. The summed E-state index contributed by atoms with van der Waals surface area (Å²) < 4.78 is 1.85. The highest BCUT2D eigenvalue weighted by atomic mass is 15.2. The van der Waals surface area contributed by atoms with E-state index >= 15 is 0 Å². The zero-order chi connectivity index (χ0) is 9.68. The molecule has 0 saturated heterocycles. The first-order chi connectivity index (χ1) is 6.18. The SMILES string of the molecule is CC(C)NCCCc1cnn(C)c1. The molecule has 1 aromatic heterocycles. The molecule has 0 saturated carbocycles. The summed E-state index contributed by atoms with van der Waals surface area (Å²) in [4.78, 5) is 0. The van der Waals surface area contributed by atoms with Crippen molar-refractivity contribution in [2.75, 3.05) is 6.54 Å². The predicted octanol–water partition coefficient (Wildman–Crippen LogP) is 1.35. The van der Waals surface area contributed by atoms with E-state index < -0.39 is 0 Å². The maximum absolute atomic E-state index is 4.13. The van der Waals surface area contributed by atoms with Crippen molar-refractivity contribution < 1.29 is 0 Å². The van der Waals surface area contributed by atoms with E-state index in [0.717, 1.165) is 13.0 Å². The van der Waals surface area contributed by atoms with Gasteiger partial charge in [-0.2, -0.15) is 5.10 Å². The van der Waals surface area contributed by atoms with Gasteiger partial charge in [0.25, 0.3) is 0 Å². The Morgan fingerprint density at radius 2 is 2.31 bits per heavy atom. The fourth-order valence-corrected chi connectivity index (χ4v) is 1.28. The number of rotatable bonds is 5. The van der Waals surface area contributed by atoms with E-state index in [9.17, 15) is 0 Å². The van der Waals surface area contributed by atoms with Gasteiger partial charge in [0.2, 0.25) is 0 Å². The molecule has 1 heterocycles. The molecule has 0 radical (unpaired) electrons. The lowest BCUT2D eigenvalue weighted by molar-refractivity contribution is 0.570. The molecule has 1 aromatic rings. The maximum atomic E-state index is 4.13. The summed E-state index contributed by atoms with van der Waals surface area (Å²) in [5.74, 6) is 0. The van der Waals surface area contributed by atoms with Gasteiger partial charge >= 0.3 is 0 Å². The molecule has 0 fully saturated rings. The Bertz CT molecular complexity index is 240. The third-order valence-electron chi connectivity index (χ3n) is 1.95. The molecule has 3 nitrogen and oxygen atoms in total. The molecule has 0 aromatic carbocycles. The molecular weight excluding hydrogens is 162 g/mol. The molecular formula is C10H19N3. The first-order valence-electron chi connectivity index (χ1n) is 4.89. The van der Waals surface area contributed by atoms with Crippen molar-refractivity contribution in [1.82, 2.24) is 15.1 Å². The second kappa shape index (κ2) is 5.02. The zero-order valence-electron chi connectivity index (χ0n) is 8.75. The Balaban J connectivity index is 2.13. The van der Waals surface area contributed by atoms with Crippen LogP contribution in [-0.4, -0.2) is 22.4 Å². The highest BCUT2D eigenvalue weighted by molar-refractivity contribution is 5.03. The first-order valence-corrected chi connectivity index (χ1v) is 4.89. The van der Waals surface area contributed by atoms with Crippen LogP contribution in [-0.2, 0) is 13.5 Å². The van der Waals surface area contributed by atoms with Gasteiger partial charge in [0.15, 0.2) is 0 Å². The van der Waals surface area contributed by atoms with Crippen molar-refractivity contribution >= 4 is 0 Å². The smallest absolute Gasteiger partial charge is 0.0521 e. The minimum atomic E-state index is 0.592. The number of nitrogens with one attached hydrogen (secondary N) is 1. The molecule has 0 spiro atoms. The minimum Gasteiger partial charge on any atom is -0.315 e. The van der Waals surface area contributed by atoms with Crippen LogP contribution in [0.4, 0.5) is 0 Å². The maximum Gasteiger partial charge on any atom is 0.0521 e. The Labute approximate surface area is 80.1 Å². The van der Waals surface area contributed by atoms with Crippen LogP contribution in [0.15, 0.2) is 12.4 Å². The first kappa shape index (κ1) is 10.3. The standard InChI is InChI=1S/C10H19N3/c1-9(2)11-6-4-5-10-7-12-13(3)8-10/h7-9,11H,4-6H2,1-3H3. The van der Waals surface area contributed by atoms with Gasteiger partial charge in [-0.1, -0.05) is 13.8 Å². The van der Waals surface area contributed by atoms with Crippen LogP contribution in [0.1, 0.15) is 25.8 Å². The summed E-state index contributed by atoms with van der Waals surface area (Å²) in [5.41, 5.74) is 1.33. The van der Waals surface area contributed by atoms with Gasteiger partial charge in [-0.15, -0.1) is 0 Å². The average Bonchev–Trinajstić information content (AvgIpc) is 2.45. The topological polar surface area (TPSA) is 29.9 Å². The molecule has 1 rings (SSSR count). The molecule has 0 atom stereocenters. The number of hydrogen-bond acceptors (Lipinski definition) is 2. The molecule has 0 aliphatic rings. The summed E-state index contributed by atoms with van der Waals surface area (Å²) in [7, 11) is 1.95. The van der Waals surface area contributed by atoms with Crippen molar-refractivity contribution in [3.8, 4) is 0 Å². The fourth-order valence-electron chi connectivity index (χ4n) is 1.28. The van der Waals surface area contributed by atoms with Gasteiger partial charge in [-0.05, 0) is 24.9 Å². The summed E-state index contributed by atoms with van der Waals surface area (Å²) in [6.45, 7) is 5.43. The monoisotopic (exact) mass is 181 g/mol. The van der Waals surface area contributed by atoms with Crippen LogP contribution in [0.25, 0.3) is 0 Å². The van der Waals surface area contributed by atoms with Gasteiger partial charge < -0.3 is 5.32 Å². The van der Waals surface area contributed by atoms with Crippen LogP contribution < -0.4 is 5.32 Å². The van der Waals surface area contributed by atoms with Crippen molar-refractivity contribution in [3.63, 3.8) is 0 Å². The molecule has 1 N–H and O–H groups in total. The van der Waals surface area contributed by atoms with Crippen LogP contribution in [0.2, 0.25) is 0 Å². The lowest BCUT2D eigenvalue weighted by Gasteiger charge is -2.06. The average molecular weight is 181 g/mol. The normalized spacial score (nSPS) is 11.1. The van der Waals surface area contributed by atoms with Crippen molar-refractivity contribution in [1.29, 1.82) is 0 Å². The number of aromatic nitrogens is 2. The van der Waals surface area contributed by atoms with E-state index in [4.69, 9.17) is 0 Å². The van der Waals surface area contributed by atoms with Crippen molar-refractivity contribution in [2.24, 2.45) is 7.05 Å². The second-order valence-corrected chi connectivity index (χ2v) is 3.73. The predicted molar refractivity (Wildman–Crippen MR) is 54.7 cm³/mol. The van der Waals surface area contributed by atoms with E-state index in [-0.39, 0.29) is 0 Å². The molecule has 74 valence electrons. The van der Waals surface area contributed by atoms with E-state index in [1.165, 1.54) is 12.0 Å². The Hall–Kier alpha value is -0.830. The molecule has 13 heavy (non-hydrogen) atoms. The third kappa shape index (κ3) is 4.08. The molecule has 0 unspecified atom stereocenters. The lowest BCUT2D eigenvalue weighted by atomic mass is 10.2. The molecule has 0 bridgehead atoms. The molecule has 0 amide bonds. The summed E-state index contributed by atoms with van der Waals surface area (Å²) in [6.07, 6.45) is 6.32. The minimum absolute atomic E-state index is 0.592. The molecule has 3 heteroatoms. The van der Waals surface area contributed by atoms with Crippen LogP contribution in [0, 0.1) is 0 Å². The van der Waals surface area contributed by atoms with E-state index in [1.807, 2.05) is 17.9 Å². The quantitative estimate of drug-likeness (QED) is 0.695. The van der Waals surface area contributed by atoms with Gasteiger partial charge in [-0.3, -0.25) is 4.68 Å². The largest absolute Gasteiger partial charge is 0.315 e. The van der Waals surface area contributed by atoms with Crippen molar-refractivity contribution in [3.05, 3.63) is 18.0 Å². The molecule has 0 aliphatic carbocycles. The summed E-state index contributed by atoms with van der Waals surface area (Å²) in [6, 6.07) is 0.592. The van der Waals surface area contributed by atoms with Gasteiger partial charge in [0, 0.05) is 19.3 Å². The van der Waals surface area contributed by atoms with Crippen LogP contribution >= 0.6 is 0 Å². The second-order valence-electron chi connectivity index (χ2n) is 3.73. The Kier molecular flexibility index (Phi) is 3.96. The number of hydrogen-bond donors (Lipinski definition) is 1. The van der Waals surface area contributed by atoms with Gasteiger partial charge in [0.1, 0.15) is 0 Å². The Morgan fingerprint density at radius 3 is 2.85 bits per heavy atom. The van der Waals surface area contributed by atoms with Gasteiger partial charge in [0.05, 0.1) is 6.20 Å². The number of aryl methyl sites for hydroxylation is 2. The van der Waals surface area contributed by atoms with E-state index in [1.54, 1.807) is 0 Å².